The maximum atomic E-state index is 11.5. The number of rotatable bonds is 2. The normalized spacial score (nSPS) is 18.7. The van der Waals surface area contributed by atoms with E-state index in [-0.39, 0.29) is 5.97 Å². The Balaban J connectivity index is 2.13. The lowest BCUT2D eigenvalue weighted by Crippen LogP contribution is -2.36. The van der Waals surface area contributed by atoms with Gasteiger partial charge in [0, 0.05) is 13.1 Å². The van der Waals surface area contributed by atoms with Gasteiger partial charge in [-0.05, 0) is 24.3 Å². The minimum atomic E-state index is -0.346. The Morgan fingerprint density at radius 2 is 2.06 bits per heavy atom. The van der Waals surface area contributed by atoms with Crippen molar-refractivity contribution in [3.63, 3.8) is 0 Å². The van der Waals surface area contributed by atoms with Gasteiger partial charge in [-0.1, -0.05) is 13.8 Å². The largest absolute Gasteiger partial charge is 0.465 e. The highest BCUT2D eigenvalue weighted by Crippen LogP contribution is 2.37. The van der Waals surface area contributed by atoms with Gasteiger partial charge in [0.1, 0.15) is 4.88 Å². The molecule has 1 fully saturated rings. The van der Waals surface area contributed by atoms with Gasteiger partial charge in [-0.3, -0.25) is 0 Å². The second-order valence-corrected chi connectivity index (χ2v) is 6.54. The summed E-state index contributed by atoms with van der Waals surface area (Å²) in [6, 6.07) is 1.88. The summed E-state index contributed by atoms with van der Waals surface area (Å²) in [6.45, 7) is 6.64. The number of piperidine rings is 1. The van der Waals surface area contributed by atoms with Gasteiger partial charge in [-0.25, -0.2) is 4.79 Å². The van der Waals surface area contributed by atoms with Gasteiger partial charge >= 0.3 is 5.97 Å². The third kappa shape index (κ3) is 2.61. The lowest BCUT2D eigenvalue weighted by atomic mass is 9.83. The molecule has 2 N–H and O–H groups in total. The molecule has 100 valence electrons. The zero-order valence-corrected chi connectivity index (χ0v) is 12.0. The maximum Gasteiger partial charge on any atom is 0.350 e. The molecule has 2 rings (SSSR count). The van der Waals surface area contributed by atoms with Crippen LogP contribution in [0.1, 0.15) is 36.4 Å². The molecule has 4 nitrogen and oxygen atoms in total. The molecule has 1 aliphatic rings. The highest BCUT2D eigenvalue weighted by molar-refractivity contribution is 7.18. The first-order valence-electron chi connectivity index (χ1n) is 6.15. The number of nitrogen functional groups attached to an aromatic ring is 1. The molecule has 0 saturated carbocycles. The quantitative estimate of drug-likeness (QED) is 0.838. The highest BCUT2D eigenvalue weighted by Gasteiger charge is 2.27. The summed E-state index contributed by atoms with van der Waals surface area (Å²) >= 11 is 1.43. The van der Waals surface area contributed by atoms with Crippen LogP contribution in [-0.4, -0.2) is 26.2 Å². The number of nitrogens with zero attached hydrogens (tertiary/aromatic N) is 1. The lowest BCUT2D eigenvalue weighted by molar-refractivity contribution is 0.0607. The summed E-state index contributed by atoms with van der Waals surface area (Å²) in [4.78, 5) is 14.3. The summed E-state index contributed by atoms with van der Waals surface area (Å²) in [5.74, 6) is -0.346. The summed E-state index contributed by atoms with van der Waals surface area (Å²) in [7, 11) is 1.38. The lowest BCUT2D eigenvalue weighted by Gasteiger charge is -2.37. The van der Waals surface area contributed by atoms with Crippen molar-refractivity contribution in [1.29, 1.82) is 0 Å². The molecule has 1 saturated heterocycles. The molecule has 0 amide bonds. The Labute approximate surface area is 112 Å². The van der Waals surface area contributed by atoms with Crippen LogP contribution in [-0.2, 0) is 4.74 Å². The zero-order valence-electron chi connectivity index (χ0n) is 11.2. The Morgan fingerprint density at radius 3 is 2.61 bits per heavy atom. The van der Waals surface area contributed by atoms with Crippen molar-refractivity contribution in [2.24, 2.45) is 5.41 Å². The third-order valence-electron chi connectivity index (χ3n) is 3.55. The Hall–Kier alpha value is -1.23. The van der Waals surface area contributed by atoms with Gasteiger partial charge in [-0.2, -0.15) is 0 Å². The van der Waals surface area contributed by atoms with Gasteiger partial charge in [0.15, 0.2) is 0 Å². The number of methoxy groups -OCH3 is 1. The van der Waals surface area contributed by atoms with E-state index in [9.17, 15) is 4.79 Å². The second kappa shape index (κ2) is 4.80. The molecule has 1 aromatic heterocycles. The number of hydrogen-bond donors (Lipinski definition) is 1. The summed E-state index contributed by atoms with van der Waals surface area (Å²) < 4.78 is 4.72. The second-order valence-electron chi connectivity index (χ2n) is 5.51. The number of hydrogen-bond acceptors (Lipinski definition) is 5. The van der Waals surface area contributed by atoms with E-state index in [0.29, 0.717) is 16.0 Å². The highest BCUT2D eigenvalue weighted by atomic mass is 32.1. The van der Waals surface area contributed by atoms with Gasteiger partial charge in [-0.15, -0.1) is 11.3 Å². The molecule has 0 radical (unpaired) electrons. The molecule has 0 spiro atoms. The van der Waals surface area contributed by atoms with Crippen LogP contribution in [0.5, 0.6) is 0 Å². The number of anilines is 2. The average molecular weight is 268 g/mol. The molecule has 0 atom stereocenters. The van der Waals surface area contributed by atoms with E-state index in [1.165, 1.54) is 31.3 Å². The fourth-order valence-electron chi connectivity index (χ4n) is 2.13. The van der Waals surface area contributed by atoms with E-state index in [1.54, 1.807) is 0 Å². The molecule has 5 heteroatoms. The number of nitrogens with two attached hydrogens (primary N) is 1. The van der Waals surface area contributed by atoms with Crippen LogP contribution in [0.15, 0.2) is 6.07 Å². The van der Waals surface area contributed by atoms with Crippen LogP contribution >= 0.6 is 11.3 Å². The first-order valence-corrected chi connectivity index (χ1v) is 6.97. The Kier molecular flexibility index (Phi) is 3.52. The molecule has 0 aliphatic carbocycles. The van der Waals surface area contributed by atoms with Crippen molar-refractivity contribution in [1.82, 2.24) is 0 Å². The predicted octanol–water partition coefficient (Wildman–Crippen LogP) is 2.74. The first kappa shape index (κ1) is 13.2. The minimum Gasteiger partial charge on any atom is -0.465 e. The van der Waals surface area contributed by atoms with Crippen molar-refractivity contribution >= 4 is 28.0 Å². The maximum absolute atomic E-state index is 11.5. The number of ether oxygens (including phenoxy) is 1. The molecular formula is C13H20N2O2S. The molecule has 1 aliphatic heterocycles. The Morgan fingerprint density at radius 1 is 1.44 bits per heavy atom. The summed E-state index contributed by atoms with van der Waals surface area (Å²) in [5, 5.41) is 1.07. The number of carbonyl (C=O) groups excluding carboxylic acids is 1. The van der Waals surface area contributed by atoms with E-state index < -0.39 is 0 Å². The molecule has 0 bridgehead atoms. The molecule has 1 aromatic rings. The van der Waals surface area contributed by atoms with Gasteiger partial charge in [0.2, 0.25) is 0 Å². The van der Waals surface area contributed by atoms with Crippen LogP contribution in [0.25, 0.3) is 0 Å². The van der Waals surface area contributed by atoms with Crippen molar-refractivity contribution in [3.05, 3.63) is 10.9 Å². The number of esters is 1. The minimum absolute atomic E-state index is 0.346. The molecule has 0 unspecified atom stereocenters. The van der Waals surface area contributed by atoms with E-state index >= 15 is 0 Å². The topological polar surface area (TPSA) is 55.6 Å². The van der Waals surface area contributed by atoms with E-state index in [0.717, 1.165) is 18.1 Å². The van der Waals surface area contributed by atoms with Crippen molar-refractivity contribution in [2.75, 3.05) is 30.8 Å². The molecule has 18 heavy (non-hydrogen) atoms. The smallest absolute Gasteiger partial charge is 0.350 e. The average Bonchev–Trinajstić information content (AvgIpc) is 2.70. The SMILES string of the molecule is COC(=O)c1sc(N2CCC(C)(C)CC2)cc1N. The number of thiophene rings is 1. The van der Waals surface area contributed by atoms with E-state index in [2.05, 4.69) is 18.7 Å². The van der Waals surface area contributed by atoms with E-state index in [1.807, 2.05) is 6.07 Å². The van der Waals surface area contributed by atoms with Crippen LogP contribution in [0, 0.1) is 5.41 Å². The van der Waals surface area contributed by atoms with Crippen LogP contribution < -0.4 is 10.6 Å². The van der Waals surface area contributed by atoms with Crippen LogP contribution in [0.3, 0.4) is 0 Å². The summed E-state index contributed by atoms with van der Waals surface area (Å²) in [5.41, 5.74) is 6.80. The van der Waals surface area contributed by atoms with Gasteiger partial charge < -0.3 is 15.4 Å². The molecule has 0 aromatic carbocycles. The van der Waals surface area contributed by atoms with Crippen molar-refractivity contribution in [3.8, 4) is 0 Å². The Bertz CT molecular complexity index is 444. The van der Waals surface area contributed by atoms with Gasteiger partial charge in [0.05, 0.1) is 17.8 Å². The molecule has 2 heterocycles. The van der Waals surface area contributed by atoms with Gasteiger partial charge in [0.25, 0.3) is 0 Å². The third-order valence-corrected chi connectivity index (χ3v) is 4.74. The van der Waals surface area contributed by atoms with Crippen LogP contribution in [0.4, 0.5) is 10.7 Å². The fraction of sp³-hybridized carbons (Fsp3) is 0.615. The van der Waals surface area contributed by atoms with Crippen molar-refractivity contribution in [2.45, 2.75) is 26.7 Å². The zero-order chi connectivity index (χ0) is 13.3. The van der Waals surface area contributed by atoms with Crippen LogP contribution in [0.2, 0.25) is 0 Å². The number of carbonyl (C=O) groups is 1. The monoisotopic (exact) mass is 268 g/mol. The first-order chi connectivity index (χ1) is 8.43. The summed E-state index contributed by atoms with van der Waals surface area (Å²) in [6.07, 6.45) is 2.33. The standard InChI is InChI=1S/C13H20N2O2S/c1-13(2)4-6-15(7-5-13)10-8-9(14)11(18-10)12(16)17-3/h8H,4-7,14H2,1-3H3. The predicted molar refractivity (Wildman–Crippen MR) is 75.3 cm³/mol. The molecular weight excluding hydrogens is 248 g/mol. The fourth-order valence-corrected chi connectivity index (χ4v) is 3.18. The van der Waals surface area contributed by atoms with Crippen molar-refractivity contribution < 1.29 is 9.53 Å². The van der Waals surface area contributed by atoms with E-state index in [4.69, 9.17) is 10.5 Å².